The Morgan fingerprint density at radius 1 is 1.03 bits per heavy atom. The minimum atomic E-state index is -3.76. The lowest BCUT2D eigenvalue weighted by atomic mass is 10.1. The molecule has 0 aromatic heterocycles. The van der Waals surface area contributed by atoms with Crippen LogP contribution in [0.15, 0.2) is 42.5 Å². The standard InChI is InChI=1S/C28H39N3O4S/c1-6-25(28(33)29-24-15-7-8-16-24)30(18-23-14-9-11-20(2)17-23)26(32)19-31(36(5,34)35)27-21(3)12-10-13-22(27)4/h9-14,17,24-25H,6-8,15-16,18-19H2,1-5H3,(H,29,33). The highest BCUT2D eigenvalue weighted by atomic mass is 32.2. The summed E-state index contributed by atoms with van der Waals surface area (Å²) >= 11 is 0. The molecule has 36 heavy (non-hydrogen) atoms. The van der Waals surface area contributed by atoms with E-state index in [1.807, 2.05) is 70.2 Å². The van der Waals surface area contributed by atoms with Crippen LogP contribution in [0.4, 0.5) is 5.69 Å². The molecule has 2 aromatic carbocycles. The van der Waals surface area contributed by atoms with Crippen molar-refractivity contribution in [1.29, 1.82) is 0 Å². The van der Waals surface area contributed by atoms with E-state index in [0.29, 0.717) is 12.1 Å². The molecule has 2 aromatic rings. The van der Waals surface area contributed by atoms with E-state index in [1.54, 1.807) is 4.90 Å². The van der Waals surface area contributed by atoms with Crippen molar-refractivity contribution in [2.24, 2.45) is 0 Å². The SMILES string of the molecule is CCC(C(=O)NC1CCCC1)N(Cc1cccc(C)c1)C(=O)CN(c1c(C)cccc1C)S(C)(=O)=O. The average Bonchev–Trinajstić information content (AvgIpc) is 3.30. The van der Waals surface area contributed by atoms with Crippen molar-refractivity contribution >= 4 is 27.5 Å². The van der Waals surface area contributed by atoms with E-state index in [2.05, 4.69) is 5.32 Å². The molecule has 1 N–H and O–H groups in total. The molecule has 2 amide bonds. The minimum absolute atomic E-state index is 0.129. The Hall–Kier alpha value is -2.87. The van der Waals surface area contributed by atoms with E-state index in [4.69, 9.17) is 0 Å². The number of sulfonamides is 1. The number of hydrogen-bond acceptors (Lipinski definition) is 4. The van der Waals surface area contributed by atoms with Crippen LogP contribution in [0.1, 0.15) is 61.3 Å². The van der Waals surface area contributed by atoms with Gasteiger partial charge in [0.1, 0.15) is 12.6 Å². The second kappa shape index (κ2) is 11.9. The van der Waals surface area contributed by atoms with Crippen molar-refractivity contribution in [3.8, 4) is 0 Å². The van der Waals surface area contributed by atoms with Crippen LogP contribution in [0.5, 0.6) is 0 Å². The Bertz CT molecular complexity index is 1170. The number of carbonyl (C=O) groups is 2. The fourth-order valence-corrected chi connectivity index (χ4v) is 6.03. The molecule has 7 nitrogen and oxygen atoms in total. The van der Waals surface area contributed by atoms with Gasteiger partial charge in [-0.15, -0.1) is 0 Å². The van der Waals surface area contributed by atoms with E-state index in [1.165, 1.54) is 4.31 Å². The van der Waals surface area contributed by atoms with Crippen molar-refractivity contribution in [2.45, 2.75) is 78.4 Å². The number of nitrogens with zero attached hydrogens (tertiary/aromatic N) is 2. The molecular weight excluding hydrogens is 474 g/mol. The molecule has 8 heteroatoms. The van der Waals surface area contributed by atoms with Gasteiger partial charge in [-0.1, -0.05) is 67.8 Å². The van der Waals surface area contributed by atoms with Crippen molar-refractivity contribution in [1.82, 2.24) is 10.2 Å². The Kier molecular flexibility index (Phi) is 9.17. The molecule has 1 aliphatic rings. The van der Waals surface area contributed by atoms with Crippen LogP contribution in [0.2, 0.25) is 0 Å². The third-order valence-electron chi connectivity index (χ3n) is 6.89. The van der Waals surface area contributed by atoms with Gasteiger partial charge in [0.25, 0.3) is 0 Å². The maximum absolute atomic E-state index is 13.9. The summed E-state index contributed by atoms with van der Waals surface area (Å²) < 4.78 is 26.9. The molecule has 1 fully saturated rings. The lowest BCUT2D eigenvalue weighted by molar-refractivity contribution is -0.140. The Labute approximate surface area is 215 Å². The second-order valence-corrected chi connectivity index (χ2v) is 11.8. The van der Waals surface area contributed by atoms with Gasteiger partial charge in [0.2, 0.25) is 21.8 Å². The lowest BCUT2D eigenvalue weighted by Gasteiger charge is -2.34. The molecular formula is C28H39N3O4S. The first-order valence-corrected chi connectivity index (χ1v) is 14.6. The predicted octanol–water partition coefficient (Wildman–Crippen LogP) is 4.24. The largest absolute Gasteiger partial charge is 0.352 e. The first kappa shape index (κ1) is 27.7. The van der Waals surface area contributed by atoms with Gasteiger partial charge in [0, 0.05) is 12.6 Å². The fraction of sp³-hybridized carbons (Fsp3) is 0.500. The van der Waals surface area contributed by atoms with E-state index < -0.39 is 22.0 Å². The van der Waals surface area contributed by atoms with Crippen LogP contribution < -0.4 is 9.62 Å². The van der Waals surface area contributed by atoms with Crippen molar-refractivity contribution < 1.29 is 18.0 Å². The zero-order valence-electron chi connectivity index (χ0n) is 22.1. The quantitative estimate of drug-likeness (QED) is 0.515. The van der Waals surface area contributed by atoms with Crippen LogP contribution in [-0.4, -0.2) is 50.0 Å². The summed E-state index contributed by atoms with van der Waals surface area (Å²) in [5, 5.41) is 3.13. The molecule has 0 bridgehead atoms. The zero-order valence-corrected chi connectivity index (χ0v) is 22.9. The van der Waals surface area contributed by atoms with Crippen molar-refractivity contribution in [3.05, 3.63) is 64.7 Å². The molecule has 196 valence electrons. The van der Waals surface area contributed by atoms with Gasteiger partial charge in [0.15, 0.2) is 0 Å². The first-order chi connectivity index (χ1) is 17.0. The molecule has 0 aliphatic heterocycles. The summed E-state index contributed by atoms with van der Waals surface area (Å²) in [5.41, 5.74) is 3.99. The van der Waals surface area contributed by atoms with Gasteiger partial charge < -0.3 is 10.2 Å². The summed E-state index contributed by atoms with van der Waals surface area (Å²) in [6.45, 7) is 7.38. The number of anilines is 1. The van der Waals surface area contributed by atoms with Crippen LogP contribution in [0, 0.1) is 20.8 Å². The predicted molar refractivity (Wildman–Crippen MR) is 144 cm³/mol. The number of nitrogens with one attached hydrogen (secondary N) is 1. The van der Waals surface area contributed by atoms with Gasteiger partial charge >= 0.3 is 0 Å². The molecule has 0 saturated heterocycles. The van der Waals surface area contributed by atoms with Gasteiger partial charge in [-0.3, -0.25) is 13.9 Å². The Balaban J connectivity index is 1.96. The molecule has 1 saturated carbocycles. The number of aryl methyl sites for hydroxylation is 3. The Morgan fingerprint density at radius 2 is 1.64 bits per heavy atom. The summed E-state index contributed by atoms with van der Waals surface area (Å²) in [7, 11) is -3.76. The highest BCUT2D eigenvalue weighted by Crippen LogP contribution is 2.27. The number of carbonyl (C=O) groups excluding carboxylic acids is 2. The second-order valence-electron chi connectivity index (χ2n) is 9.93. The maximum Gasteiger partial charge on any atom is 0.244 e. The van der Waals surface area contributed by atoms with Gasteiger partial charge in [0.05, 0.1) is 11.9 Å². The minimum Gasteiger partial charge on any atom is -0.352 e. The molecule has 3 rings (SSSR count). The highest BCUT2D eigenvalue weighted by Gasteiger charge is 2.33. The van der Waals surface area contributed by atoms with Crippen molar-refractivity contribution in [2.75, 3.05) is 17.1 Å². The number of rotatable bonds is 10. The van der Waals surface area contributed by atoms with Gasteiger partial charge in [-0.05, 0) is 56.7 Å². The molecule has 1 atom stereocenters. The van der Waals surface area contributed by atoms with Crippen LogP contribution in [-0.2, 0) is 26.2 Å². The van der Waals surface area contributed by atoms with E-state index in [9.17, 15) is 18.0 Å². The number of benzene rings is 2. The Morgan fingerprint density at radius 3 is 2.19 bits per heavy atom. The van der Waals surface area contributed by atoms with E-state index in [-0.39, 0.29) is 25.0 Å². The number of hydrogen-bond donors (Lipinski definition) is 1. The molecule has 0 heterocycles. The number of para-hydroxylation sites is 1. The lowest BCUT2D eigenvalue weighted by Crippen LogP contribution is -2.53. The summed E-state index contributed by atoms with van der Waals surface area (Å²) in [6.07, 6.45) is 5.61. The summed E-state index contributed by atoms with van der Waals surface area (Å²) in [6, 6.07) is 12.8. The number of amides is 2. The average molecular weight is 514 g/mol. The monoisotopic (exact) mass is 513 g/mol. The summed E-state index contributed by atoms with van der Waals surface area (Å²) in [5.74, 6) is -0.582. The molecule has 1 aliphatic carbocycles. The molecule has 1 unspecified atom stereocenters. The summed E-state index contributed by atoms with van der Waals surface area (Å²) in [4.78, 5) is 28.8. The molecule has 0 spiro atoms. The van der Waals surface area contributed by atoms with E-state index >= 15 is 0 Å². The van der Waals surface area contributed by atoms with Crippen LogP contribution in [0.3, 0.4) is 0 Å². The topological polar surface area (TPSA) is 86.8 Å². The van der Waals surface area contributed by atoms with Gasteiger partial charge in [-0.2, -0.15) is 0 Å². The van der Waals surface area contributed by atoms with Crippen LogP contribution in [0.25, 0.3) is 0 Å². The first-order valence-electron chi connectivity index (χ1n) is 12.7. The third-order valence-corrected chi connectivity index (χ3v) is 8.00. The third kappa shape index (κ3) is 6.87. The van der Waals surface area contributed by atoms with E-state index in [0.717, 1.165) is 54.2 Å². The normalized spacial score (nSPS) is 14.9. The van der Waals surface area contributed by atoms with Gasteiger partial charge in [-0.25, -0.2) is 8.42 Å². The fourth-order valence-electron chi connectivity index (χ4n) is 5.07. The van der Waals surface area contributed by atoms with Crippen molar-refractivity contribution in [3.63, 3.8) is 0 Å². The zero-order chi connectivity index (χ0) is 26.5. The maximum atomic E-state index is 13.9. The molecule has 0 radical (unpaired) electrons. The highest BCUT2D eigenvalue weighted by molar-refractivity contribution is 7.92. The van der Waals surface area contributed by atoms with Crippen LogP contribution >= 0.6 is 0 Å². The smallest absolute Gasteiger partial charge is 0.244 e.